The van der Waals surface area contributed by atoms with Crippen molar-refractivity contribution in [1.82, 2.24) is 9.97 Å². The van der Waals surface area contributed by atoms with Crippen LogP contribution in [0.15, 0.2) is 72.8 Å². The van der Waals surface area contributed by atoms with E-state index in [0.29, 0.717) is 5.15 Å². The maximum absolute atomic E-state index is 6.33. The van der Waals surface area contributed by atoms with Crippen molar-refractivity contribution in [2.75, 3.05) is 0 Å². The number of H-pyrrole nitrogens is 1. The number of nitrogens with one attached hydrogen (secondary N) is 1. The molecular weight excluding hydrogens is 292 g/mol. The summed E-state index contributed by atoms with van der Waals surface area (Å²) in [6.45, 7) is 0. The van der Waals surface area contributed by atoms with E-state index in [1.54, 1.807) is 0 Å². The number of fused-ring (bicyclic) bond motifs is 1. The number of rotatable bonds is 2. The average molecular weight is 305 g/mol. The fourth-order valence-electron chi connectivity index (χ4n) is 2.61. The zero-order valence-corrected chi connectivity index (χ0v) is 12.5. The third-order valence-corrected chi connectivity index (χ3v) is 4.00. The van der Waals surface area contributed by atoms with E-state index in [1.807, 2.05) is 42.5 Å². The molecule has 3 aromatic carbocycles. The van der Waals surface area contributed by atoms with Crippen LogP contribution in [0.4, 0.5) is 0 Å². The summed E-state index contributed by atoms with van der Waals surface area (Å²) >= 11 is 6.33. The van der Waals surface area contributed by atoms with Gasteiger partial charge in [0.2, 0.25) is 0 Å². The zero-order valence-electron chi connectivity index (χ0n) is 11.8. The van der Waals surface area contributed by atoms with Gasteiger partial charge >= 0.3 is 0 Å². The number of imidazole rings is 1. The number of nitrogens with zero attached hydrogens (tertiary/aromatic N) is 1. The first-order chi connectivity index (χ1) is 10.8. The van der Waals surface area contributed by atoms with E-state index in [1.165, 1.54) is 10.8 Å². The molecule has 0 bridgehead atoms. The molecule has 0 saturated carbocycles. The van der Waals surface area contributed by atoms with Crippen molar-refractivity contribution in [3.05, 3.63) is 77.9 Å². The van der Waals surface area contributed by atoms with E-state index in [2.05, 4.69) is 40.3 Å². The van der Waals surface area contributed by atoms with Gasteiger partial charge in [-0.25, -0.2) is 4.98 Å². The van der Waals surface area contributed by atoms with E-state index < -0.39 is 0 Å². The van der Waals surface area contributed by atoms with Crippen LogP contribution in [0.25, 0.3) is 33.4 Å². The van der Waals surface area contributed by atoms with Crippen molar-refractivity contribution in [3.8, 4) is 22.6 Å². The highest BCUT2D eigenvalue weighted by atomic mass is 35.5. The van der Waals surface area contributed by atoms with Crippen molar-refractivity contribution in [2.45, 2.75) is 0 Å². The molecule has 0 radical (unpaired) electrons. The molecule has 3 heteroatoms. The van der Waals surface area contributed by atoms with Gasteiger partial charge in [0.25, 0.3) is 0 Å². The van der Waals surface area contributed by atoms with Crippen LogP contribution in [-0.2, 0) is 0 Å². The molecule has 0 aliphatic rings. The van der Waals surface area contributed by atoms with Gasteiger partial charge in [0, 0.05) is 11.1 Å². The Hall–Kier alpha value is -2.58. The SMILES string of the molecule is Clc1[nH]c(-c2ccc3ccccc3c2)nc1-c1ccccc1. The van der Waals surface area contributed by atoms with E-state index in [4.69, 9.17) is 11.6 Å². The minimum atomic E-state index is 0.564. The van der Waals surface area contributed by atoms with Gasteiger partial charge in [0.1, 0.15) is 16.7 Å². The molecule has 1 aromatic heterocycles. The molecule has 106 valence electrons. The van der Waals surface area contributed by atoms with Crippen LogP contribution in [-0.4, -0.2) is 9.97 Å². The van der Waals surface area contributed by atoms with Crippen LogP contribution < -0.4 is 0 Å². The van der Waals surface area contributed by atoms with Crippen LogP contribution in [0.5, 0.6) is 0 Å². The first-order valence-electron chi connectivity index (χ1n) is 7.11. The summed E-state index contributed by atoms with van der Waals surface area (Å²) in [5, 5.41) is 2.97. The second-order valence-electron chi connectivity index (χ2n) is 5.18. The van der Waals surface area contributed by atoms with Crippen LogP contribution >= 0.6 is 11.6 Å². The molecule has 4 rings (SSSR count). The molecule has 0 amide bonds. The number of aromatic nitrogens is 2. The lowest BCUT2D eigenvalue weighted by Crippen LogP contribution is -1.82. The minimum absolute atomic E-state index is 0.564. The van der Waals surface area contributed by atoms with Gasteiger partial charge in [0.15, 0.2) is 0 Å². The Morgan fingerprint density at radius 2 is 1.45 bits per heavy atom. The highest BCUT2D eigenvalue weighted by Crippen LogP contribution is 2.30. The number of halogens is 1. The first kappa shape index (κ1) is 13.1. The van der Waals surface area contributed by atoms with Crippen molar-refractivity contribution in [2.24, 2.45) is 0 Å². The monoisotopic (exact) mass is 304 g/mol. The fourth-order valence-corrected chi connectivity index (χ4v) is 2.85. The zero-order chi connectivity index (χ0) is 14.9. The van der Waals surface area contributed by atoms with Crippen LogP contribution in [0.2, 0.25) is 5.15 Å². The van der Waals surface area contributed by atoms with Crippen molar-refractivity contribution in [1.29, 1.82) is 0 Å². The Morgan fingerprint density at radius 1 is 0.727 bits per heavy atom. The van der Waals surface area contributed by atoms with Crippen LogP contribution in [0, 0.1) is 0 Å². The predicted molar refractivity (Wildman–Crippen MR) is 92.0 cm³/mol. The molecule has 0 saturated heterocycles. The molecule has 2 nitrogen and oxygen atoms in total. The Balaban J connectivity index is 1.82. The Bertz CT molecular complexity index is 942. The molecule has 0 aliphatic carbocycles. The van der Waals surface area contributed by atoms with Gasteiger partial charge in [-0.15, -0.1) is 0 Å². The van der Waals surface area contributed by atoms with Crippen molar-refractivity contribution >= 4 is 22.4 Å². The van der Waals surface area contributed by atoms with E-state index in [0.717, 1.165) is 22.6 Å². The second kappa shape index (κ2) is 5.32. The summed E-state index contributed by atoms with van der Waals surface area (Å²) in [6, 6.07) is 24.5. The molecule has 1 N–H and O–H groups in total. The summed E-state index contributed by atoms with van der Waals surface area (Å²) in [7, 11) is 0. The van der Waals surface area contributed by atoms with Gasteiger partial charge in [-0.1, -0.05) is 78.3 Å². The normalized spacial score (nSPS) is 11.0. The molecule has 0 unspecified atom stereocenters. The smallest absolute Gasteiger partial charge is 0.139 e. The number of hydrogen-bond acceptors (Lipinski definition) is 1. The Morgan fingerprint density at radius 3 is 2.27 bits per heavy atom. The van der Waals surface area contributed by atoms with Gasteiger partial charge < -0.3 is 4.98 Å². The van der Waals surface area contributed by atoms with E-state index >= 15 is 0 Å². The summed E-state index contributed by atoms with van der Waals surface area (Å²) in [6.07, 6.45) is 0. The summed E-state index contributed by atoms with van der Waals surface area (Å²) in [5.74, 6) is 0.787. The molecule has 0 fully saturated rings. The Kier molecular flexibility index (Phi) is 3.17. The van der Waals surface area contributed by atoms with E-state index in [-0.39, 0.29) is 0 Å². The molecular formula is C19H13ClN2. The molecule has 4 aromatic rings. The van der Waals surface area contributed by atoms with Gasteiger partial charge in [-0.2, -0.15) is 0 Å². The van der Waals surface area contributed by atoms with E-state index in [9.17, 15) is 0 Å². The maximum atomic E-state index is 6.33. The lowest BCUT2D eigenvalue weighted by Gasteiger charge is -2.00. The van der Waals surface area contributed by atoms with Crippen LogP contribution in [0.1, 0.15) is 0 Å². The second-order valence-corrected chi connectivity index (χ2v) is 5.55. The fraction of sp³-hybridized carbons (Fsp3) is 0. The predicted octanol–water partition coefficient (Wildman–Crippen LogP) is 5.55. The average Bonchev–Trinajstić information content (AvgIpc) is 2.97. The third-order valence-electron chi connectivity index (χ3n) is 3.73. The van der Waals surface area contributed by atoms with Gasteiger partial charge in [-0.3, -0.25) is 0 Å². The summed E-state index contributed by atoms with van der Waals surface area (Å²) in [4.78, 5) is 7.85. The highest BCUT2D eigenvalue weighted by molar-refractivity contribution is 6.32. The number of aromatic amines is 1. The lowest BCUT2D eigenvalue weighted by atomic mass is 10.1. The van der Waals surface area contributed by atoms with Gasteiger partial charge in [-0.05, 0) is 16.8 Å². The quantitative estimate of drug-likeness (QED) is 0.516. The number of hydrogen-bond donors (Lipinski definition) is 1. The van der Waals surface area contributed by atoms with Crippen LogP contribution in [0.3, 0.4) is 0 Å². The standard InChI is InChI=1S/C19H13ClN2/c20-18-17(14-7-2-1-3-8-14)21-19(22-18)16-11-10-13-6-4-5-9-15(13)12-16/h1-12H,(H,21,22). The topological polar surface area (TPSA) is 28.7 Å². The number of benzene rings is 3. The molecule has 1 heterocycles. The molecule has 0 aliphatic heterocycles. The molecule has 22 heavy (non-hydrogen) atoms. The molecule has 0 spiro atoms. The summed E-state index contributed by atoms with van der Waals surface area (Å²) in [5.41, 5.74) is 2.82. The third kappa shape index (κ3) is 2.28. The Labute approximate surface area is 133 Å². The minimum Gasteiger partial charge on any atom is -0.329 e. The van der Waals surface area contributed by atoms with Gasteiger partial charge in [0.05, 0.1) is 0 Å². The lowest BCUT2D eigenvalue weighted by molar-refractivity contribution is 1.31. The first-order valence-corrected chi connectivity index (χ1v) is 7.49. The highest BCUT2D eigenvalue weighted by Gasteiger charge is 2.11. The summed E-state index contributed by atoms with van der Waals surface area (Å²) < 4.78 is 0. The van der Waals surface area contributed by atoms with Crippen molar-refractivity contribution in [3.63, 3.8) is 0 Å². The molecule has 0 atom stereocenters. The van der Waals surface area contributed by atoms with Crippen molar-refractivity contribution < 1.29 is 0 Å². The largest absolute Gasteiger partial charge is 0.329 e. The maximum Gasteiger partial charge on any atom is 0.139 e.